The van der Waals surface area contributed by atoms with Crippen LogP contribution >= 0.6 is 38.9 Å². The molecule has 2 amide bonds. The zero-order valence-electron chi connectivity index (χ0n) is 23.2. The Balaban J connectivity index is 1.11. The van der Waals surface area contributed by atoms with Crippen LogP contribution in [-0.4, -0.2) is 36.7 Å². The molecular formula is C32H25BrClN5O4S. The van der Waals surface area contributed by atoms with Crippen LogP contribution in [0.15, 0.2) is 106 Å². The SMILES string of the molecule is COc1ccccc1NC(=O)COc1ccc(/C=N\NC(=O)c2ccc(-c3csc(Nc4ccc(Cl)cc4)n3)cc2)cc1Br. The molecule has 5 aromatic rings. The molecule has 0 aliphatic carbocycles. The zero-order valence-corrected chi connectivity index (χ0v) is 26.4. The summed E-state index contributed by atoms with van der Waals surface area (Å²) in [5.74, 6) is 0.360. The smallest absolute Gasteiger partial charge is 0.271 e. The lowest BCUT2D eigenvalue weighted by molar-refractivity contribution is -0.118. The average Bonchev–Trinajstić information content (AvgIpc) is 3.50. The molecule has 222 valence electrons. The second-order valence-corrected chi connectivity index (χ2v) is 11.3. The Morgan fingerprint density at radius 2 is 1.77 bits per heavy atom. The van der Waals surface area contributed by atoms with E-state index in [4.69, 9.17) is 21.1 Å². The van der Waals surface area contributed by atoms with E-state index in [-0.39, 0.29) is 18.4 Å². The fraction of sp³-hybridized carbons (Fsp3) is 0.0625. The van der Waals surface area contributed by atoms with Crippen LogP contribution in [0, 0.1) is 0 Å². The predicted molar refractivity (Wildman–Crippen MR) is 179 cm³/mol. The number of methoxy groups -OCH3 is 1. The number of ether oxygens (including phenoxy) is 2. The first-order chi connectivity index (χ1) is 21.4. The fourth-order valence-electron chi connectivity index (χ4n) is 3.93. The van der Waals surface area contributed by atoms with E-state index in [2.05, 4.69) is 42.1 Å². The summed E-state index contributed by atoms with van der Waals surface area (Å²) in [7, 11) is 1.54. The average molecular weight is 691 g/mol. The molecule has 0 aliphatic rings. The number of nitrogens with one attached hydrogen (secondary N) is 3. The molecule has 0 aliphatic heterocycles. The number of halogens is 2. The van der Waals surface area contributed by atoms with Gasteiger partial charge in [0.05, 0.1) is 29.2 Å². The third kappa shape index (κ3) is 8.22. The van der Waals surface area contributed by atoms with Gasteiger partial charge >= 0.3 is 0 Å². The first-order valence-corrected chi connectivity index (χ1v) is 15.2. The van der Waals surface area contributed by atoms with Crippen molar-refractivity contribution in [3.05, 3.63) is 117 Å². The van der Waals surface area contributed by atoms with Gasteiger partial charge in [0.15, 0.2) is 11.7 Å². The van der Waals surface area contributed by atoms with Crippen LogP contribution < -0.4 is 25.5 Å². The summed E-state index contributed by atoms with van der Waals surface area (Å²) in [4.78, 5) is 29.6. The van der Waals surface area contributed by atoms with Gasteiger partial charge in [0.1, 0.15) is 11.5 Å². The summed E-state index contributed by atoms with van der Waals surface area (Å²) in [6, 6.07) is 26.9. The first-order valence-electron chi connectivity index (χ1n) is 13.1. The molecule has 0 saturated heterocycles. The number of benzene rings is 4. The van der Waals surface area contributed by atoms with Crippen molar-refractivity contribution in [3.8, 4) is 22.8 Å². The number of hydrogen-bond donors (Lipinski definition) is 3. The van der Waals surface area contributed by atoms with Crippen LogP contribution in [0.1, 0.15) is 15.9 Å². The normalized spacial score (nSPS) is 10.8. The van der Waals surface area contributed by atoms with Crippen molar-refractivity contribution < 1.29 is 19.1 Å². The number of para-hydroxylation sites is 2. The maximum atomic E-state index is 12.6. The summed E-state index contributed by atoms with van der Waals surface area (Å²) in [5, 5.41) is 13.4. The minimum atomic E-state index is -0.351. The molecule has 5 rings (SSSR count). The van der Waals surface area contributed by atoms with E-state index >= 15 is 0 Å². The molecule has 0 unspecified atom stereocenters. The van der Waals surface area contributed by atoms with Crippen LogP contribution in [0.5, 0.6) is 11.5 Å². The number of hydrazone groups is 1. The van der Waals surface area contributed by atoms with Crippen molar-refractivity contribution in [1.29, 1.82) is 0 Å². The maximum Gasteiger partial charge on any atom is 0.271 e. The molecule has 12 heteroatoms. The van der Waals surface area contributed by atoms with Crippen molar-refractivity contribution in [2.24, 2.45) is 5.10 Å². The third-order valence-corrected chi connectivity index (χ3v) is 7.75. The van der Waals surface area contributed by atoms with Crippen molar-refractivity contribution in [1.82, 2.24) is 10.4 Å². The van der Waals surface area contributed by atoms with E-state index in [1.807, 2.05) is 47.8 Å². The Bertz CT molecular complexity index is 1800. The molecule has 3 N–H and O–H groups in total. The van der Waals surface area contributed by atoms with Crippen molar-refractivity contribution >= 4 is 73.4 Å². The Hall–Kier alpha value is -4.71. The Morgan fingerprint density at radius 1 is 1.00 bits per heavy atom. The van der Waals surface area contributed by atoms with E-state index in [1.54, 1.807) is 48.5 Å². The second-order valence-electron chi connectivity index (χ2n) is 9.17. The highest BCUT2D eigenvalue weighted by atomic mass is 79.9. The summed E-state index contributed by atoms with van der Waals surface area (Å²) in [5.41, 5.74) is 6.84. The molecule has 9 nitrogen and oxygen atoms in total. The molecular weight excluding hydrogens is 666 g/mol. The number of hydrogen-bond acceptors (Lipinski definition) is 8. The van der Waals surface area contributed by atoms with Crippen molar-refractivity contribution in [3.63, 3.8) is 0 Å². The third-order valence-electron chi connectivity index (χ3n) is 6.12. The molecule has 44 heavy (non-hydrogen) atoms. The summed E-state index contributed by atoms with van der Waals surface area (Å²) in [6.07, 6.45) is 1.51. The van der Waals surface area contributed by atoms with E-state index < -0.39 is 0 Å². The Labute approximate surface area is 271 Å². The number of carbonyl (C=O) groups excluding carboxylic acids is 2. The molecule has 0 spiro atoms. The van der Waals surface area contributed by atoms with Gasteiger partial charge in [-0.3, -0.25) is 9.59 Å². The Kier molecular flexibility index (Phi) is 10.2. The number of nitrogens with zero attached hydrogens (tertiary/aromatic N) is 2. The number of aromatic nitrogens is 1. The van der Waals surface area contributed by atoms with Crippen molar-refractivity contribution in [2.45, 2.75) is 0 Å². The number of anilines is 3. The van der Waals surface area contributed by atoms with Crippen LogP contribution in [0.3, 0.4) is 0 Å². The summed E-state index contributed by atoms with van der Waals surface area (Å²) >= 11 is 10.9. The van der Waals surface area contributed by atoms with Gasteiger partial charge in [0.25, 0.3) is 11.8 Å². The zero-order chi connectivity index (χ0) is 30.9. The molecule has 0 saturated carbocycles. The lowest BCUT2D eigenvalue weighted by Gasteiger charge is -2.11. The van der Waals surface area contributed by atoms with E-state index in [9.17, 15) is 9.59 Å². The fourth-order valence-corrected chi connectivity index (χ4v) is 5.31. The molecule has 4 aromatic carbocycles. The molecule has 0 radical (unpaired) electrons. The highest BCUT2D eigenvalue weighted by molar-refractivity contribution is 9.10. The highest BCUT2D eigenvalue weighted by Crippen LogP contribution is 2.29. The van der Waals surface area contributed by atoms with Gasteiger partial charge in [-0.05, 0) is 88.2 Å². The van der Waals surface area contributed by atoms with Gasteiger partial charge in [-0.15, -0.1) is 11.3 Å². The molecule has 0 atom stereocenters. The minimum Gasteiger partial charge on any atom is -0.495 e. The quantitative estimate of drug-likeness (QED) is 0.0965. The minimum absolute atomic E-state index is 0.192. The van der Waals surface area contributed by atoms with Crippen LogP contribution in [0.4, 0.5) is 16.5 Å². The van der Waals surface area contributed by atoms with Crippen molar-refractivity contribution in [2.75, 3.05) is 24.4 Å². The van der Waals surface area contributed by atoms with Gasteiger partial charge in [0, 0.05) is 27.2 Å². The molecule has 1 heterocycles. The van der Waals surface area contributed by atoms with Crippen LogP contribution in [0.25, 0.3) is 11.3 Å². The number of carbonyl (C=O) groups is 2. The van der Waals surface area contributed by atoms with Gasteiger partial charge < -0.3 is 20.1 Å². The van der Waals surface area contributed by atoms with Crippen LogP contribution in [-0.2, 0) is 4.79 Å². The number of amides is 2. The molecule has 0 fully saturated rings. The highest BCUT2D eigenvalue weighted by Gasteiger charge is 2.11. The van der Waals surface area contributed by atoms with Gasteiger partial charge in [-0.25, -0.2) is 10.4 Å². The van der Waals surface area contributed by atoms with Crippen LogP contribution in [0.2, 0.25) is 5.02 Å². The largest absolute Gasteiger partial charge is 0.495 e. The topological polar surface area (TPSA) is 114 Å². The standard InChI is InChI=1S/C32H25BrClN5O4S/c1-42-29-5-3-2-4-26(29)37-30(40)18-43-28-15-6-20(16-25(28)33)17-35-39-31(41)22-9-7-21(8-10-22)27-19-44-32(38-27)36-24-13-11-23(34)12-14-24/h2-17,19H,18H2,1H3,(H,36,38)(H,37,40)(H,39,41)/b35-17-. The lowest BCUT2D eigenvalue weighted by atomic mass is 10.1. The summed E-state index contributed by atoms with van der Waals surface area (Å²) in [6.45, 7) is -0.192. The number of rotatable bonds is 11. The molecule has 0 bridgehead atoms. The number of thiazole rings is 1. The van der Waals surface area contributed by atoms with Gasteiger partial charge in [0.2, 0.25) is 0 Å². The predicted octanol–water partition coefficient (Wildman–Crippen LogP) is 7.76. The first kappa shape index (κ1) is 30.7. The monoisotopic (exact) mass is 689 g/mol. The summed E-state index contributed by atoms with van der Waals surface area (Å²) < 4.78 is 11.5. The Morgan fingerprint density at radius 3 is 2.52 bits per heavy atom. The van der Waals surface area contributed by atoms with Gasteiger partial charge in [-0.1, -0.05) is 35.9 Å². The van der Waals surface area contributed by atoms with Gasteiger partial charge in [-0.2, -0.15) is 5.10 Å². The second kappa shape index (κ2) is 14.6. The maximum absolute atomic E-state index is 12.6. The van der Waals surface area contributed by atoms with E-state index in [0.717, 1.165) is 22.1 Å². The molecule has 1 aromatic heterocycles. The van der Waals surface area contributed by atoms with E-state index in [0.29, 0.717) is 37.8 Å². The van der Waals surface area contributed by atoms with E-state index in [1.165, 1.54) is 24.7 Å². The lowest BCUT2D eigenvalue weighted by Crippen LogP contribution is -2.20.